The van der Waals surface area contributed by atoms with Crippen molar-refractivity contribution in [1.82, 2.24) is 0 Å². The van der Waals surface area contributed by atoms with E-state index in [9.17, 15) is 4.79 Å². The van der Waals surface area contributed by atoms with Crippen molar-refractivity contribution in [3.05, 3.63) is 12.2 Å². The third kappa shape index (κ3) is 11.1. The molecule has 0 aromatic carbocycles. The highest BCUT2D eigenvalue weighted by atomic mass is 16.5. The molecule has 0 aromatic rings. The molecule has 0 spiro atoms. The summed E-state index contributed by atoms with van der Waals surface area (Å²) >= 11 is 0. The molecule has 0 atom stereocenters. The van der Waals surface area contributed by atoms with Crippen molar-refractivity contribution < 1.29 is 9.53 Å². The zero-order valence-corrected chi connectivity index (χ0v) is 10.3. The number of hydrogen-bond donors (Lipinski definition) is 0. The van der Waals surface area contributed by atoms with Crippen molar-refractivity contribution in [2.75, 3.05) is 6.61 Å². The minimum absolute atomic E-state index is 0.223. The van der Waals surface area contributed by atoms with Crippen LogP contribution in [0.2, 0.25) is 0 Å². The summed E-state index contributed by atoms with van der Waals surface area (Å²) in [6, 6.07) is 0. The lowest BCUT2D eigenvalue weighted by atomic mass is 10.0. The van der Waals surface area contributed by atoms with E-state index in [1.54, 1.807) is 6.08 Å². The topological polar surface area (TPSA) is 26.3 Å². The van der Waals surface area contributed by atoms with Gasteiger partial charge in [0, 0.05) is 6.08 Å². The molecule has 0 saturated heterocycles. The molecule has 0 N–H and O–H groups in total. The summed E-state index contributed by atoms with van der Waals surface area (Å²) in [6.07, 6.45) is 9.15. The normalized spacial score (nSPS) is 11.2. The Morgan fingerprint density at radius 1 is 1.20 bits per heavy atom. The summed E-state index contributed by atoms with van der Waals surface area (Å²) in [7, 11) is 0. The molecule has 0 aliphatic carbocycles. The lowest BCUT2D eigenvalue weighted by Crippen LogP contribution is -2.02. The van der Waals surface area contributed by atoms with Gasteiger partial charge in [-0.3, -0.25) is 0 Å². The predicted molar refractivity (Wildman–Crippen MR) is 63.7 cm³/mol. The van der Waals surface area contributed by atoms with Gasteiger partial charge in [0.25, 0.3) is 0 Å². The molecule has 0 radical (unpaired) electrons. The van der Waals surface area contributed by atoms with Crippen LogP contribution in [0.25, 0.3) is 0 Å². The second-order valence-corrected chi connectivity index (χ2v) is 4.26. The number of esters is 1. The summed E-state index contributed by atoms with van der Waals surface area (Å²) < 4.78 is 4.98. The Kier molecular flexibility index (Phi) is 9.24. The van der Waals surface area contributed by atoms with E-state index in [0.717, 1.165) is 18.8 Å². The van der Waals surface area contributed by atoms with E-state index in [2.05, 4.69) is 13.8 Å². The van der Waals surface area contributed by atoms with Gasteiger partial charge >= 0.3 is 5.97 Å². The highest BCUT2D eigenvalue weighted by Gasteiger charge is 1.97. The number of unbranched alkanes of at least 4 members (excludes halogenated alkanes) is 3. The van der Waals surface area contributed by atoms with Crippen molar-refractivity contribution in [3.8, 4) is 0 Å². The SMILES string of the molecule is CC=CC(=O)OCCCCCCC(C)C. The van der Waals surface area contributed by atoms with Gasteiger partial charge < -0.3 is 4.74 Å². The van der Waals surface area contributed by atoms with Gasteiger partial charge in [0.05, 0.1) is 6.61 Å². The van der Waals surface area contributed by atoms with Crippen LogP contribution in [0, 0.1) is 5.92 Å². The van der Waals surface area contributed by atoms with Gasteiger partial charge in [-0.05, 0) is 19.3 Å². The second kappa shape index (κ2) is 9.75. The fraction of sp³-hybridized carbons (Fsp3) is 0.769. The molecule has 0 fully saturated rings. The molecule has 88 valence electrons. The van der Waals surface area contributed by atoms with Crippen molar-refractivity contribution >= 4 is 5.97 Å². The molecule has 0 unspecified atom stereocenters. The van der Waals surface area contributed by atoms with E-state index in [1.165, 1.54) is 25.3 Å². The van der Waals surface area contributed by atoms with Crippen molar-refractivity contribution in [3.63, 3.8) is 0 Å². The minimum Gasteiger partial charge on any atom is -0.463 e. The van der Waals surface area contributed by atoms with Gasteiger partial charge in [-0.1, -0.05) is 45.6 Å². The Bertz CT molecular complexity index is 183. The smallest absolute Gasteiger partial charge is 0.330 e. The summed E-state index contributed by atoms with van der Waals surface area (Å²) in [4.78, 5) is 10.9. The van der Waals surface area contributed by atoms with E-state index >= 15 is 0 Å². The summed E-state index contributed by atoms with van der Waals surface area (Å²) in [6.45, 7) is 6.87. The minimum atomic E-state index is -0.223. The summed E-state index contributed by atoms with van der Waals surface area (Å²) in [5.41, 5.74) is 0. The van der Waals surface area contributed by atoms with E-state index in [1.807, 2.05) is 6.92 Å². The summed E-state index contributed by atoms with van der Waals surface area (Å²) in [5, 5.41) is 0. The lowest BCUT2D eigenvalue weighted by molar-refractivity contribution is -0.137. The van der Waals surface area contributed by atoms with Gasteiger partial charge in [-0.15, -0.1) is 0 Å². The number of carbonyl (C=O) groups excluding carboxylic acids is 1. The average Bonchev–Trinajstić information content (AvgIpc) is 2.16. The van der Waals surface area contributed by atoms with Gasteiger partial charge in [0.2, 0.25) is 0 Å². The van der Waals surface area contributed by atoms with Gasteiger partial charge in [-0.2, -0.15) is 0 Å². The van der Waals surface area contributed by atoms with Gasteiger partial charge in [-0.25, -0.2) is 4.79 Å². The van der Waals surface area contributed by atoms with Crippen molar-refractivity contribution in [1.29, 1.82) is 0 Å². The molecule has 0 saturated carbocycles. The van der Waals surface area contributed by atoms with Crippen molar-refractivity contribution in [2.45, 2.75) is 52.9 Å². The van der Waals surface area contributed by atoms with Gasteiger partial charge in [0.15, 0.2) is 0 Å². The van der Waals surface area contributed by atoms with Crippen LogP contribution < -0.4 is 0 Å². The zero-order chi connectivity index (χ0) is 11.5. The molecule has 0 aliphatic rings. The van der Waals surface area contributed by atoms with E-state index in [4.69, 9.17) is 4.74 Å². The number of allylic oxidation sites excluding steroid dienone is 1. The van der Waals surface area contributed by atoms with Gasteiger partial charge in [0.1, 0.15) is 0 Å². The molecule has 2 heteroatoms. The van der Waals surface area contributed by atoms with Crippen molar-refractivity contribution in [2.24, 2.45) is 5.92 Å². The van der Waals surface area contributed by atoms with Crippen LogP contribution in [0.5, 0.6) is 0 Å². The quantitative estimate of drug-likeness (QED) is 0.348. The Balaban J connectivity index is 3.15. The first-order chi connectivity index (χ1) is 7.16. The fourth-order valence-electron chi connectivity index (χ4n) is 1.37. The molecule has 0 aromatic heterocycles. The number of hydrogen-bond acceptors (Lipinski definition) is 2. The Hall–Kier alpha value is -0.790. The Morgan fingerprint density at radius 3 is 2.47 bits per heavy atom. The maximum absolute atomic E-state index is 10.9. The first kappa shape index (κ1) is 14.2. The van der Waals surface area contributed by atoms with Crippen LogP contribution in [0.3, 0.4) is 0 Å². The molecule has 0 bridgehead atoms. The van der Waals surface area contributed by atoms with Crippen LogP contribution in [0.1, 0.15) is 52.9 Å². The summed E-state index contributed by atoms with van der Waals surface area (Å²) in [5.74, 6) is 0.581. The molecule has 0 rings (SSSR count). The number of ether oxygens (including phenoxy) is 1. The molecular formula is C13H24O2. The zero-order valence-electron chi connectivity index (χ0n) is 10.3. The van der Waals surface area contributed by atoms with Crippen LogP contribution in [-0.2, 0) is 9.53 Å². The van der Waals surface area contributed by atoms with Crippen LogP contribution in [-0.4, -0.2) is 12.6 Å². The van der Waals surface area contributed by atoms with E-state index in [-0.39, 0.29) is 5.97 Å². The maximum atomic E-state index is 10.9. The molecule has 0 amide bonds. The standard InChI is InChI=1S/C13H24O2/c1-4-9-13(14)15-11-8-6-5-7-10-12(2)3/h4,9,12H,5-8,10-11H2,1-3H3. The monoisotopic (exact) mass is 212 g/mol. The molecular weight excluding hydrogens is 188 g/mol. The fourth-order valence-corrected chi connectivity index (χ4v) is 1.37. The average molecular weight is 212 g/mol. The lowest BCUT2D eigenvalue weighted by Gasteiger charge is -2.04. The third-order valence-electron chi connectivity index (χ3n) is 2.22. The molecule has 2 nitrogen and oxygen atoms in total. The first-order valence-electron chi connectivity index (χ1n) is 5.96. The first-order valence-corrected chi connectivity index (χ1v) is 5.96. The van der Waals surface area contributed by atoms with Crippen LogP contribution in [0.4, 0.5) is 0 Å². The molecule has 0 aliphatic heterocycles. The third-order valence-corrected chi connectivity index (χ3v) is 2.22. The largest absolute Gasteiger partial charge is 0.463 e. The Morgan fingerprint density at radius 2 is 1.87 bits per heavy atom. The van der Waals surface area contributed by atoms with Crippen LogP contribution >= 0.6 is 0 Å². The highest BCUT2D eigenvalue weighted by Crippen LogP contribution is 2.09. The maximum Gasteiger partial charge on any atom is 0.330 e. The number of rotatable bonds is 8. The predicted octanol–water partition coefficient (Wildman–Crippen LogP) is 3.71. The Labute approximate surface area is 93.7 Å². The molecule has 15 heavy (non-hydrogen) atoms. The molecule has 0 heterocycles. The highest BCUT2D eigenvalue weighted by molar-refractivity contribution is 5.81. The second-order valence-electron chi connectivity index (χ2n) is 4.26. The number of carbonyl (C=O) groups is 1. The van der Waals surface area contributed by atoms with E-state index < -0.39 is 0 Å². The van der Waals surface area contributed by atoms with E-state index in [0.29, 0.717) is 6.61 Å². The van der Waals surface area contributed by atoms with Crippen LogP contribution in [0.15, 0.2) is 12.2 Å².